The van der Waals surface area contributed by atoms with Gasteiger partial charge in [0.2, 0.25) is 0 Å². The summed E-state index contributed by atoms with van der Waals surface area (Å²) in [5, 5.41) is 0.846. The number of hydrogen-bond donors (Lipinski definition) is 1. The molecule has 5 nitrogen and oxygen atoms in total. The molecule has 0 aliphatic rings. The van der Waals surface area contributed by atoms with Crippen LogP contribution < -0.4 is 10.5 Å². The summed E-state index contributed by atoms with van der Waals surface area (Å²) < 4.78 is 2.49. The Morgan fingerprint density at radius 3 is 2.79 bits per heavy atom. The highest BCUT2D eigenvalue weighted by Gasteiger charge is 2.13. The first-order valence-corrected chi connectivity index (χ1v) is 7.34. The number of nitrogens with zero attached hydrogens (tertiary/aromatic N) is 3. The van der Waals surface area contributed by atoms with Crippen molar-refractivity contribution >= 4 is 39.0 Å². The first-order valence-electron chi connectivity index (χ1n) is 6.11. The summed E-state index contributed by atoms with van der Waals surface area (Å²) in [6, 6.07) is 0. The van der Waals surface area contributed by atoms with E-state index in [4.69, 9.17) is 12.2 Å². The number of allylic oxidation sites excluding steroid dienone is 1. The van der Waals surface area contributed by atoms with Crippen LogP contribution in [-0.4, -0.2) is 27.6 Å². The van der Waals surface area contributed by atoms with Crippen LogP contribution in [0.3, 0.4) is 0 Å². The molecule has 0 fully saturated rings. The molecular formula is C12H16N4OS2. The number of anilines is 1. The second kappa shape index (κ2) is 5.66. The number of aromatic amines is 1. The van der Waals surface area contributed by atoms with Crippen molar-refractivity contribution in [2.45, 2.75) is 20.4 Å². The first kappa shape index (κ1) is 14.0. The summed E-state index contributed by atoms with van der Waals surface area (Å²) in [5.41, 5.74) is 0.469. The molecule has 0 bridgehead atoms. The van der Waals surface area contributed by atoms with Gasteiger partial charge in [-0.1, -0.05) is 17.4 Å². The average molecular weight is 296 g/mol. The Balaban J connectivity index is 2.66. The van der Waals surface area contributed by atoms with Gasteiger partial charge in [0, 0.05) is 19.6 Å². The third-order valence-electron chi connectivity index (χ3n) is 2.87. The lowest BCUT2D eigenvalue weighted by Crippen LogP contribution is -2.21. The van der Waals surface area contributed by atoms with E-state index in [-0.39, 0.29) is 5.56 Å². The van der Waals surface area contributed by atoms with E-state index in [1.807, 2.05) is 0 Å². The van der Waals surface area contributed by atoms with Gasteiger partial charge in [0.1, 0.15) is 4.70 Å². The molecule has 2 heterocycles. The van der Waals surface area contributed by atoms with Crippen LogP contribution in [0.25, 0.3) is 10.3 Å². The Labute approximate surface area is 120 Å². The number of rotatable bonds is 5. The normalized spacial score (nSPS) is 10.8. The molecule has 0 aliphatic carbocycles. The summed E-state index contributed by atoms with van der Waals surface area (Å²) in [6.07, 6.45) is 1.66. The van der Waals surface area contributed by atoms with Gasteiger partial charge in [0.15, 0.2) is 15.5 Å². The van der Waals surface area contributed by atoms with E-state index < -0.39 is 0 Å². The molecule has 0 radical (unpaired) electrons. The molecule has 0 saturated heterocycles. The highest BCUT2D eigenvalue weighted by atomic mass is 32.1. The Hall–Kier alpha value is -1.47. The number of hydrogen-bond acceptors (Lipinski definition) is 5. The van der Waals surface area contributed by atoms with Gasteiger partial charge in [-0.2, -0.15) is 0 Å². The maximum absolute atomic E-state index is 12.3. The fourth-order valence-corrected chi connectivity index (χ4v) is 3.20. The molecule has 19 heavy (non-hydrogen) atoms. The van der Waals surface area contributed by atoms with E-state index in [0.717, 1.165) is 18.2 Å². The smallest absolute Gasteiger partial charge is 0.274 e. The van der Waals surface area contributed by atoms with E-state index in [0.29, 0.717) is 21.7 Å². The van der Waals surface area contributed by atoms with Gasteiger partial charge in [-0.3, -0.25) is 9.36 Å². The summed E-state index contributed by atoms with van der Waals surface area (Å²) in [7, 11) is 0. The molecule has 0 unspecified atom stereocenters. The summed E-state index contributed by atoms with van der Waals surface area (Å²) in [5.74, 6) is 0. The predicted molar refractivity (Wildman–Crippen MR) is 82.8 cm³/mol. The van der Waals surface area contributed by atoms with Crippen molar-refractivity contribution in [2.24, 2.45) is 0 Å². The Morgan fingerprint density at radius 2 is 2.21 bits per heavy atom. The Kier molecular flexibility index (Phi) is 4.16. The van der Waals surface area contributed by atoms with Crippen LogP contribution in [-0.2, 0) is 6.54 Å². The third-order valence-corrected chi connectivity index (χ3v) is 4.30. The van der Waals surface area contributed by atoms with Crippen molar-refractivity contribution < 1.29 is 0 Å². The summed E-state index contributed by atoms with van der Waals surface area (Å²) >= 11 is 6.57. The van der Waals surface area contributed by atoms with Gasteiger partial charge < -0.3 is 9.88 Å². The van der Waals surface area contributed by atoms with E-state index in [1.165, 1.54) is 15.9 Å². The van der Waals surface area contributed by atoms with Crippen LogP contribution in [0.5, 0.6) is 0 Å². The van der Waals surface area contributed by atoms with E-state index in [1.54, 1.807) is 6.08 Å². The SMILES string of the molecule is C=CCn1c(=S)[nH]c2nc(N(CC)CC)sc2c1=O. The lowest BCUT2D eigenvalue weighted by Gasteiger charge is -2.15. The number of H-pyrrole nitrogens is 1. The standard InChI is InChI=1S/C12H16N4OS2/c1-4-7-16-10(17)8-9(13-11(16)18)14-12(19-8)15(5-2)6-3/h4H,1,5-7H2,2-3H3,(H,13,18). The third kappa shape index (κ3) is 2.48. The monoisotopic (exact) mass is 296 g/mol. The first-order chi connectivity index (χ1) is 9.12. The summed E-state index contributed by atoms with van der Waals surface area (Å²) in [4.78, 5) is 21.9. The molecule has 0 amide bonds. The van der Waals surface area contributed by atoms with Crippen LogP contribution in [0, 0.1) is 4.77 Å². The predicted octanol–water partition coefficient (Wildman–Crippen LogP) is 2.55. The summed E-state index contributed by atoms with van der Waals surface area (Å²) in [6.45, 7) is 9.89. The second-order valence-corrected chi connectivity index (χ2v) is 5.35. The maximum atomic E-state index is 12.3. The molecule has 2 aromatic heterocycles. The molecule has 0 aliphatic heterocycles. The molecular weight excluding hydrogens is 280 g/mol. The quantitative estimate of drug-likeness (QED) is 0.680. The maximum Gasteiger partial charge on any atom is 0.274 e. The fraction of sp³-hybridized carbons (Fsp3) is 0.417. The van der Waals surface area contributed by atoms with Crippen LogP contribution in [0.2, 0.25) is 0 Å². The van der Waals surface area contributed by atoms with Gasteiger partial charge in [0.05, 0.1) is 0 Å². The zero-order valence-corrected chi connectivity index (χ0v) is 12.6. The number of aromatic nitrogens is 3. The van der Waals surface area contributed by atoms with Crippen molar-refractivity contribution in [1.29, 1.82) is 0 Å². The molecule has 1 N–H and O–H groups in total. The van der Waals surface area contributed by atoms with Gasteiger partial charge in [-0.25, -0.2) is 4.98 Å². The van der Waals surface area contributed by atoms with Gasteiger partial charge in [-0.15, -0.1) is 6.58 Å². The van der Waals surface area contributed by atoms with Gasteiger partial charge in [-0.05, 0) is 26.1 Å². The van der Waals surface area contributed by atoms with Crippen molar-refractivity contribution in [3.63, 3.8) is 0 Å². The second-order valence-electron chi connectivity index (χ2n) is 3.98. The molecule has 102 valence electrons. The number of fused-ring (bicyclic) bond motifs is 1. The van der Waals surface area contributed by atoms with Gasteiger partial charge >= 0.3 is 0 Å². The molecule has 0 spiro atoms. The largest absolute Gasteiger partial charge is 0.349 e. The molecule has 0 saturated carbocycles. The van der Waals surface area contributed by atoms with Crippen LogP contribution in [0.4, 0.5) is 5.13 Å². The minimum atomic E-state index is -0.102. The average Bonchev–Trinajstić information content (AvgIpc) is 2.80. The zero-order valence-electron chi connectivity index (χ0n) is 11.0. The van der Waals surface area contributed by atoms with Crippen molar-refractivity contribution in [1.82, 2.24) is 14.5 Å². The molecule has 0 atom stereocenters. The van der Waals surface area contributed by atoms with Crippen molar-refractivity contribution in [3.8, 4) is 0 Å². The highest BCUT2D eigenvalue weighted by molar-refractivity contribution is 7.71. The highest BCUT2D eigenvalue weighted by Crippen LogP contribution is 2.24. The van der Waals surface area contributed by atoms with Crippen molar-refractivity contribution in [2.75, 3.05) is 18.0 Å². The number of nitrogens with one attached hydrogen (secondary N) is 1. The Morgan fingerprint density at radius 1 is 1.53 bits per heavy atom. The van der Waals surface area contributed by atoms with Gasteiger partial charge in [0.25, 0.3) is 5.56 Å². The molecule has 7 heteroatoms. The molecule has 2 rings (SSSR count). The van der Waals surface area contributed by atoms with Crippen LogP contribution in [0.1, 0.15) is 13.8 Å². The molecule has 2 aromatic rings. The van der Waals surface area contributed by atoms with Crippen LogP contribution >= 0.6 is 23.6 Å². The van der Waals surface area contributed by atoms with Crippen molar-refractivity contribution in [3.05, 3.63) is 27.8 Å². The minimum absolute atomic E-state index is 0.102. The zero-order chi connectivity index (χ0) is 14.0. The Bertz CT molecular complexity index is 709. The molecule has 0 aromatic carbocycles. The van der Waals surface area contributed by atoms with E-state index in [9.17, 15) is 4.79 Å². The fourth-order valence-electron chi connectivity index (χ4n) is 1.85. The lowest BCUT2D eigenvalue weighted by atomic mass is 10.5. The number of thiazole rings is 1. The van der Waals surface area contributed by atoms with E-state index in [2.05, 4.69) is 35.3 Å². The van der Waals surface area contributed by atoms with Crippen LogP contribution in [0.15, 0.2) is 17.4 Å². The lowest BCUT2D eigenvalue weighted by molar-refractivity contribution is 0.753. The van der Waals surface area contributed by atoms with E-state index >= 15 is 0 Å². The minimum Gasteiger partial charge on any atom is -0.349 e. The topological polar surface area (TPSA) is 53.9 Å².